The fourth-order valence-electron chi connectivity index (χ4n) is 4.98. The van der Waals surface area contributed by atoms with Crippen LogP contribution in [0.2, 0.25) is 0 Å². The Kier molecular flexibility index (Phi) is 8.04. The predicted octanol–water partition coefficient (Wildman–Crippen LogP) is 6.60. The third-order valence-electron chi connectivity index (χ3n) is 6.95. The van der Waals surface area contributed by atoms with E-state index in [9.17, 15) is 23.3 Å². The number of allylic oxidation sites excluding steroid dienone is 1. The third kappa shape index (κ3) is 5.46. The van der Waals surface area contributed by atoms with Crippen LogP contribution in [-0.2, 0) is 19.6 Å². The summed E-state index contributed by atoms with van der Waals surface area (Å²) in [7, 11) is -4.29. The first-order chi connectivity index (χ1) is 20.2. The molecule has 0 aliphatic carbocycles. The number of hydrogen-bond acceptors (Lipinski definition) is 6. The zero-order valence-corrected chi connectivity index (χ0v) is 23.8. The molecule has 1 aliphatic heterocycles. The number of esters is 1. The van der Waals surface area contributed by atoms with Gasteiger partial charge in [0.2, 0.25) is 0 Å². The minimum absolute atomic E-state index is 0.0384. The Labute approximate surface area is 244 Å². The molecule has 0 N–H and O–H groups in total. The second-order valence-electron chi connectivity index (χ2n) is 9.68. The van der Waals surface area contributed by atoms with Crippen molar-refractivity contribution in [1.82, 2.24) is 4.31 Å². The number of carbonyl (C=O) groups is 1. The molecule has 0 aromatic heterocycles. The molecule has 5 rings (SSSR count). The highest BCUT2D eigenvalue weighted by Gasteiger charge is 2.44. The van der Waals surface area contributed by atoms with Gasteiger partial charge in [-0.2, -0.15) is 0 Å². The molecule has 0 saturated carbocycles. The van der Waals surface area contributed by atoms with Crippen molar-refractivity contribution in [3.63, 3.8) is 0 Å². The highest BCUT2D eigenvalue weighted by molar-refractivity contribution is 7.89. The molecule has 8 nitrogen and oxygen atoms in total. The van der Waals surface area contributed by atoms with Crippen molar-refractivity contribution < 1.29 is 22.9 Å². The van der Waals surface area contributed by atoms with Crippen LogP contribution in [0.25, 0.3) is 5.57 Å². The molecule has 0 saturated heterocycles. The van der Waals surface area contributed by atoms with E-state index in [-0.39, 0.29) is 28.5 Å². The van der Waals surface area contributed by atoms with Crippen LogP contribution in [0.1, 0.15) is 35.2 Å². The Balaban J connectivity index is 1.87. The fourth-order valence-corrected chi connectivity index (χ4v) is 6.60. The first kappa shape index (κ1) is 28.5. The molecule has 1 unspecified atom stereocenters. The van der Waals surface area contributed by atoms with E-state index in [1.807, 2.05) is 67.6 Å². The molecule has 0 fully saturated rings. The van der Waals surface area contributed by atoms with Crippen LogP contribution >= 0.6 is 0 Å². The molecule has 42 heavy (non-hydrogen) atoms. The molecule has 0 radical (unpaired) electrons. The minimum Gasteiger partial charge on any atom is -0.463 e. The lowest BCUT2D eigenvalue weighted by atomic mass is 9.96. The zero-order chi connectivity index (χ0) is 29.9. The van der Waals surface area contributed by atoms with Gasteiger partial charge in [-0.05, 0) is 60.9 Å². The van der Waals surface area contributed by atoms with Gasteiger partial charge in [0.15, 0.2) is 0 Å². The molecule has 4 aromatic carbocycles. The lowest BCUT2D eigenvalue weighted by Gasteiger charge is -2.31. The van der Waals surface area contributed by atoms with E-state index in [0.29, 0.717) is 11.1 Å². The molecular formula is C33H28N2O6S. The van der Waals surface area contributed by atoms with Crippen molar-refractivity contribution >= 4 is 27.3 Å². The highest BCUT2D eigenvalue weighted by atomic mass is 32.2. The smallest absolute Gasteiger partial charge is 0.336 e. The molecule has 9 heteroatoms. The van der Waals surface area contributed by atoms with E-state index in [1.165, 1.54) is 40.7 Å². The second-order valence-corrected chi connectivity index (χ2v) is 11.5. The van der Waals surface area contributed by atoms with Crippen LogP contribution in [0.3, 0.4) is 0 Å². The Morgan fingerprint density at radius 1 is 0.857 bits per heavy atom. The molecule has 0 spiro atoms. The molecule has 0 bridgehead atoms. The van der Waals surface area contributed by atoms with Crippen molar-refractivity contribution in [1.29, 1.82) is 0 Å². The van der Waals surface area contributed by atoms with Gasteiger partial charge in [-0.1, -0.05) is 78.4 Å². The lowest BCUT2D eigenvalue weighted by Crippen LogP contribution is -2.33. The summed E-state index contributed by atoms with van der Waals surface area (Å²) < 4.78 is 35.9. The number of nitro benzene ring substituents is 1. The largest absolute Gasteiger partial charge is 0.463 e. The van der Waals surface area contributed by atoms with E-state index in [2.05, 4.69) is 0 Å². The highest BCUT2D eigenvalue weighted by Crippen LogP contribution is 2.47. The number of rotatable bonds is 8. The van der Waals surface area contributed by atoms with E-state index < -0.39 is 27.0 Å². The average Bonchev–Trinajstić information content (AvgIpc) is 3.40. The standard InChI is InChI=1S/C33H28N2O6S/c1-3-41-33(36)29-22-30(31(24-10-6-4-7-11-24)25-12-8-5-9-13-25)34(42(39,40)28-20-14-23(2)15-21-28)32(29)26-16-18-27(19-17-26)35(37)38/h4-22,32H,3H2,1-2H3. The molecular weight excluding hydrogens is 552 g/mol. The first-order valence-electron chi connectivity index (χ1n) is 13.3. The summed E-state index contributed by atoms with van der Waals surface area (Å²) in [5.41, 5.74) is 3.57. The van der Waals surface area contributed by atoms with Crippen LogP contribution < -0.4 is 0 Å². The normalized spacial score (nSPS) is 14.8. The SMILES string of the molecule is CCOC(=O)C1=CC(=C(c2ccccc2)c2ccccc2)N(S(=O)(=O)c2ccc(C)cc2)C1c1ccc([N+](=O)[O-])cc1. The topological polar surface area (TPSA) is 107 Å². The van der Waals surface area contributed by atoms with E-state index in [4.69, 9.17) is 4.74 Å². The number of ether oxygens (including phenoxy) is 1. The Morgan fingerprint density at radius 3 is 1.90 bits per heavy atom. The predicted molar refractivity (Wildman–Crippen MR) is 160 cm³/mol. The van der Waals surface area contributed by atoms with Crippen molar-refractivity contribution in [2.75, 3.05) is 6.61 Å². The summed E-state index contributed by atoms with van der Waals surface area (Å²) in [5.74, 6) is -0.680. The summed E-state index contributed by atoms with van der Waals surface area (Å²) >= 11 is 0. The number of non-ortho nitro benzene ring substituents is 1. The monoisotopic (exact) mass is 580 g/mol. The summed E-state index contributed by atoms with van der Waals surface area (Å²) in [6.07, 6.45) is 1.56. The van der Waals surface area contributed by atoms with Gasteiger partial charge in [0.1, 0.15) is 6.04 Å². The van der Waals surface area contributed by atoms with Crippen LogP contribution in [0.15, 0.2) is 131 Å². The van der Waals surface area contributed by atoms with Gasteiger partial charge in [0.05, 0.1) is 27.7 Å². The van der Waals surface area contributed by atoms with Crippen LogP contribution in [-0.4, -0.2) is 30.2 Å². The van der Waals surface area contributed by atoms with Crippen LogP contribution in [0.4, 0.5) is 5.69 Å². The van der Waals surface area contributed by atoms with Gasteiger partial charge >= 0.3 is 5.97 Å². The van der Waals surface area contributed by atoms with Gasteiger partial charge in [0, 0.05) is 17.7 Å². The van der Waals surface area contributed by atoms with Crippen molar-refractivity contribution in [3.05, 3.63) is 159 Å². The maximum atomic E-state index is 14.6. The van der Waals surface area contributed by atoms with Crippen LogP contribution in [0.5, 0.6) is 0 Å². The average molecular weight is 581 g/mol. The Hall–Kier alpha value is -5.02. The third-order valence-corrected chi connectivity index (χ3v) is 8.74. The Bertz CT molecular complexity index is 1740. The van der Waals surface area contributed by atoms with Gasteiger partial charge < -0.3 is 4.74 Å². The number of benzene rings is 4. The maximum absolute atomic E-state index is 14.6. The van der Waals surface area contributed by atoms with Gasteiger partial charge in [-0.3, -0.25) is 14.4 Å². The molecule has 4 aromatic rings. The van der Waals surface area contributed by atoms with Gasteiger partial charge in [-0.25, -0.2) is 13.2 Å². The fraction of sp³-hybridized carbons (Fsp3) is 0.121. The molecule has 0 amide bonds. The number of carbonyl (C=O) groups excluding carboxylic acids is 1. The number of nitro groups is 1. The number of aryl methyl sites for hydroxylation is 1. The van der Waals surface area contributed by atoms with E-state index >= 15 is 0 Å². The summed E-state index contributed by atoms with van der Waals surface area (Å²) in [6.45, 7) is 3.61. The van der Waals surface area contributed by atoms with E-state index in [1.54, 1.807) is 25.1 Å². The maximum Gasteiger partial charge on any atom is 0.336 e. The first-order valence-corrected chi connectivity index (χ1v) is 14.8. The number of nitrogens with zero attached hydrogens (tertiary/aromatic N) is 2. The molecule has 1 heterocycles. The lowest BCUT2D eigenvalue weighted by molar-refractivity contribution is -0.384. The molecule has 1 atom stereocenters. The summed E-state index contributed by atoms with van der Waals surface area (Å²) in [6, 6.07) is 29.6. The van der Waals surface area contributed by atoms with Crippen LogP contribution in [0, 0.1) is 17.0 Å². The van der Waals surface area contributed by atoms with E-state index in [0.717, 1.165) is 16.7 Å². The zero-order valence-electron chi connectivity index (χ0n) is 23.0. The van der Waals surface area contributed by atoms with Crippen molar-refractivity contribution in [2.24, 2.45) is 0 Å². The summed E-state index contributed by atoms with van der Waals surface area (Å²) in [5, 5.41) is 11.4. The van der Waals surface area contributed by atoms with Crippen molar-refractivity contribution in [3.8, 4) is 0 Å². The van der Waals surface area contributed by atoms with Crippen molar-refractivity contribution in [2.45, 2.75) is 24.8 Å². The summed E-state index contributed by atoms with van der Waals surface area (Å²) in [4.78, 5) is 24.4. The number of sulfonamides is 1. The Morgan fingerprint density at radius 2 is 1.40 bits per heavy atom. The van der Waals surface area contributed by atoms with Gasteiger partial charge in [0.25, 0.3) is 15.7 Å². The molecule has 212 valence electrons. The second kappa shape index (κ2) is 11.8. The minimum atomic E-state index is -4.29. The quantitative estimate of drug-likeness (QED) is 0.132. The number of hydrogen-bond donors (Lipinski definition) is 0. The van der Waals surface area contributed by atoms with Gasteiger partial charge in [-0.15, -0.1) is 0 Å². The molecule has 1 aliphatic rings.